The molecule has 0 amide bonds. The van der Waals surface area contributed by atoms with E-state index in [4.69, 9.17) is 10.5 Å². The van der Waals surface area contributed by atoms with Gasteiger partial charge in [0, 0.05) is 25.2 Å². The van der Waals surface area contributed by atoms with E-state index in [1.54, 1.807) is 0 Å². The number of hydrogen-bond acceptors (Lipinski definition) is 3. The fraction of sp³-hybridized carbons (Fsp3) is 0.647. The van der Waals surface area contributed by atoms with Crippen molar-refractivity contribution in [1.29, 1.82) is 0 Å². The molecule has 20 heavy (non-hydrogen) atoms. The van der Waals surface area contributed by atoms with Crippen LogP contribution in [-0.2, 0) is 4.74 Å². The molecule has 112 valence electrons. The van der Waals surface area contributed by atoms with E-state index in [0.29, 0.717) is 6.04 Å². The van der Waals surface area contributed by atoms with Gasteiger partial charge >= 0.3 is 0 Å². The van der Waals surface area contributed by atoms with Gasteiger partial charge < -0.3 is 10.5 Å². The summed E-state index contributed by atoms with van der Waals surface area (Å²) in [5, 5.41) is 0. The van der Waals surface area contributed by atoms with Crippen LogP contribution in [0.5, 0.6) is 0 Å². The van der Waals surface area contributed by atoms with E-state index >= 15 is 0 Å². The van der Waals surface area contributed by atoms with Gasteiger partial charge in [-0.1, -0.05) is 36.2 Å². The molecule has 1 fully saturated rings. The van der Waals surface area contributed by atoms with E-state index in [-0.39, 0.29) is 6.04 Å². The summed E-state index contributed by atoms with van der Waals surface area (Å²) in [4.78, 5) is 2.53. The van der Waals surface area contributed by atoms with Crippen LogP contribution < -0.4 is 5.73 Å². The molecule has 1 aromatic carbocycles. The molecule has 1 aliphatic rings. The number of benzene rings is 1. The van der Waals surface area contributed by atoms with Crippen molar-refractivity contribution in [3.05, 3.63) is 34.9 Å². The highest BCUT2D eigenvalue weighted by Gasteiger charge is 2.21. The molecule has 2 rings (SSSR count). The average molecular weight is 276 g/mol. The van der Waals surface area contributed by atoms with Crippen LogP contribution in [0.1, 0.15) is 42.5 Å². The molecule has 1 heterocycles. The Balaban J connectivity index is 1.92. The third kappa shape index (κ3) is 4.05. The minimum atomic E-state index is 0.133. The Morgan fingerprint density at radius 3 is 2.65 bits per heavy atom. The molecular formula is C17H28N2O. The quantitative estimate of drug-likeness (QED) is 0.898. The highest BCUT2D eigenvalue weighted by Crippen LogP contribution is 2.19. The van der Waals surface area contributed by atoms with E-state index in [1.165, 1.54) is 16.7 Å². The van der Waals surface area contributed by atoms with E-state index in [2.05, 4.69) is 43.9 Å². The number of hydrogen-bond donors (Lipinski definition) is 1. The second kappa shape index (κ2) is 7.21. The molecule has 0 aliphatic carbocycles. The van der Waals surface area contributed by atoms with Crippen LogP contribution in [0.2, 0.25) is 0 Å². The number of nitrogens with two attached hydrogens (primary N) is 1. The van der Waals surface area contributed by atoms with Gasteiger partial charge in [-0.05, 0) is 32.3 Å². The van der Waals surface area contributed by atoms with Crippen LogP contribution >= 0.6 is 0 Å². The first-order valence-electron chi connectivity index (χ1n) is 7.75. The zero-order valence-corrected chi connectivity index (χ0v) is 13.1. The van der Waals surface area contributed by atoms with Crippen molar-refractivity contribution in [2.45, 2.75) is 45.7 Å². The van der Waals surface area contributed by atoms with Crippen LogP contribution in [0.4, 0.5) is 0 Å². The summed E-state index contributed by atoms with van der Waals surface area (Å²) >= 11 is 0. The summed E-state index contributed by atoms with van der Waals surface area (Å²) in [5.41, 5.74) is 10.2. The Morgan fingerprint density at radius 1 is 1.30 bits per heavy atom. The van der Waals surface area contributed by atoms with Crippen LogP contribution in [0.3, 0.4) is 0 Å². The number of morpholine rings is 1. The fourth-order valence-corrected chi connectivity index (χ4v) is 3.06. The third-order valence-corrected chi connectivity index (χ3v) is 4.22. The SMILES string of the molecule is CCC1COCCN1CCC(N)c1cc(C)cc(C)c1. The number of ether oxygens (including phenoxy) is 1. The number of aryl methyl sites for hydroxylation is 2. The molecule has 0 aromatic heterocycles. The molecular weight excluding hydrogens is 248 g/mol. The minimum Gasteiger partial charge on any atom is -0.378 e. The molecule has 0 bridgehead atoms. The molecule has 1 aliphatic heterocycles. The van der Waals surface area contributed by atoms with Gasteiger partial charge in [-0.15, -0.1) is 0 Å². The first kappa shape index (κ1) is 15.5. The monoisotopic (exact) mass is 276 g/mol. The maximum atomic E-state index is 6.38. The van der Waals surface area contributed by atoms with Crippen molar-refractivity contribution in [3.63, 3.8) is 0 Å². The Labute approximate surface area is 123 Å². The Bertz CT molecular complexity index is 413. The van der Waals surface area contributed by atoms with Crippen LogP contribution in [0, 0.1) is 13.8 Å². The van der Waals surface area contributed by atoms with Crippen molar-refractivity contribution in [2.75, 3.05) is 26.3 Å². The van der Waals surface area contributed by atoms with Gasteiger partial charge in [-0.3, -0.25) is 4.90 Å². The van der Waals surface area contributed by atoms with E-state index in [0.717, 1.165) is 39.1 Å². The molecule has 0 saturated carbocycles. The molecule has 0 spiro atoms. The van der Waals surface area contributed by atoms with Gasteiger partial charge in [0.15, 0.2) is 0 Å². The van der Waals surface area contributed by atoms with Crippen molar-refractivity contribution >= 4 is 0 Å². The zero-order chi connectivity index (χ0) is 14.5. The number of nitrogens with zero attached hydrogens (tertiary/aromatic N) is 1. The Morgan fingerprint density at radius 2 is 2.00 bits per heavy atom. The van der Waals surface area contributed by atoms with Crippen LogP contribution in [0.15, 0.2) is 18.2 Å². The molecule has 2 unspecified atom stereocenters. The average Bonchev–Trinajstić information content (AvgIpc) is 2.44. The first-order valence-corrected chi connectivity index (χ1v) is 7.75. The summed E-state index contributed by atoms with van der Waals surface area (Å²) in [6.07, 6.45) is 2.16. The van der Waals surface area contributed by atoms with E-state index < -0.39 is 0 Å². The lowest BCUT2D eigenvalue weighted by molar-refractivity contribution is -0.00964. The molecule has 1 saturated heterocycles. The lowest BCUT2D eigenvalue weighted by atomic mass is 9.99. The predicted molar refractivity (Wildman–Crippen MR) is 83.9 cm³/mol. The second-order valence-corrected chi connectivity index (χ2v) is 5.99. The van der Waals surface area contributed by atoms with Crippen LogP contribution in [0.25, 0.3) is 0 Å². The standard InChI is InChI=1S/C17H28N2O/c1-4-16-12-20-8-7-19(16)6-5-17(18)15-10-13(2)9-14(3)11-15/h9-11,16-17H,4-8,12,18H2,1-3H3. The summed E-state index contributed by atoms with van der Waals surface area (Å²) in [5.74, 6) is 0. The van der Waals surface area contributed by atoms with E-state index in [1.807, 2.05) is 0 Å². The lowest BCUT2D eigenvalue weighted by Crippen LogP contribution is -2.45. The van der Waals surface area contributed by atoms with Crippen molar-refractivity contribution in [3.8, 4) is 0 Å². The van der Waals surface area contributed by atoms with Gasteiger partial charge in [0.25, 0.3) is 0 Å². The van der Waals surface area contributed by atoms with Gasteiger partial charge in [0.2, 0.25) is 0 Å². The van der Waals surface area contributed by atoms with Crippen LogP contribution in [-0.4, -0.2) is 37.2 Å². The van der Waals surface area contributed by atoms with Crippen molar-refractivity contribution in [1.82, 2.24) is 4.90 Å². The van der Waals surface area contributed by atoms with Crippen molar-refractivity contribution < 1.29 is 4.74 Å². The normalized spacial score (nSPS) is 21.9. The summed E-state index contributed by atoms with van der Waals surface area (Å²) in [6.45, 7) is 10.3. The van der Waals surface area contributed by atoms with Gasteiger partial charge in [0.05, 0.1) is 13.2 Å². The Hall–Kier alpha value is -0.900. The molecule has 3 nitrogen and oxygen atoms in total. The molecule has 3 heteroatoms. The maximum Gasteiger partial charge on any atom is 0.0622 e. The zero-order valence-electron chi connectivity index (χ0n) is 13.1. The molecule has 0 radical (unpaired) electrons. The molecule has 1 aromatic rings. The maximum absolute atomic E-state index is 6.38. The topological polar surface area (TPSA) is 38.5 Å². The fourth-order valence-electron chi connectivity index (χ4n) is 3.06. The number of rotatable bonds is 5. The van der Waals surface area contributed by atoms with E-state index in [9.17, 15) is 0 Å². The predicted octanol–water partition coefficient (Wildman–Crippen LogP) is 2.80. The summed E-state index contributed by atoms with van der Waals surface area (Å²) in [6, 6.07) is 7.33. The van der Waals surface area contributed by atoms with Gasteiger partial charge in [0.1, 0.15) is 0 Å². The van der Waals surface area contributed by atoms with Gasteiger partial charge in [-0.2, -0.15) is 0 Å². The summed E-state index contributed by atoms with van der Waals surface area (Å²) < 4.78 is 5.55. The van der Waals surface area contributed by atoms with Crippen molar-refractivity contribution in [2.24, 2.45) is 5.73 Å². The lowest BCUT2D eigenvalue weighted by Gasteiger charge is -2.35. The minimum absolute atomic E-state index is 0.133. The smallest absolute Gasteiger partial charge is 0.0622 e. The first-order chi connectivity index (χ1) is 9.60. The molecule has 2 atom stereocenters. The largest absolute Gasteiger partial charge is 0.378 e. The Kier molecular flexibility index (Phi) is 5.58. The third-order valence-electron chi connectivity index (χ3n) is 4.22. The highest BCUT2D eigenvalue weighted by atomic mass is 16.5. The summed E-state index contributed by atoms with van der Waals surface area (Å²) in [7, 11) is 0. The van der Waals surface area contributed by atoms with Gasteiger partial charge in [-0.25, -0.2) is 0 Å². The molecule has 2 N–H and O–H groups in total. The second-order valence-electron chi connectivity index (χ2n) is 5.99. The highest BCUT2D eigenvalue weighted by molar-refractivity contribution is 5.30.